The minimum Gasteiger partial charge on any atom is -0.394 e. The van der Waals surface area contributed by atoms with E-state index in [1.165, 1.54) is 0 Å². The van der Waals surface area contributed by atoms with Crippen molar-refractivity contribution in [3.05, 3.63) is 46.4 Å². The monoisotopic (exact) mass is 321 g/mol. The van der Waals surface area contributed by atoms with Crippen LogP contribution in [0.1, 0.15) is 23.7 Å². The summed E-state index contributed by atoms with van der Waals surface area (Å²) in [7, 11) is 0. The third kappa shape index (κ3) is 3.33. The largest absolute Gasteiger partial charge is 0.394 e. The van der Waals surface area contributed by atoms with Crippen LogP contribution in [0.2, 0.25) is 0 Å². The Kier molecular flexibility index (Phi) is 4.56. The third-order valence-electron chi connectivity index (χ3n) is 3.11. The molecule has 2 aromatic rings. The maximum Gasteiger partial charge on any atom is 0.251 e. The van der Waals surface area contributed by atoms with Gasteiger partial charge in [-0.25, -0.2) is 0 Å². The van der Waals surface area contributed by atoms with E-state index in [-0.39, 0.29) is 18.6 Å². The molecular formula is C15H16BrNO2. The van der Waals surface area contributed by atoms with Gasteiger partial charge in [0.15, 0.2) is 0 Å². The van der Waals surface area contributed by atoms with E-state index < -0.39 is 0 Å². The van der Waals surface area contributed by atoms with Gasteiger partial charge in [-0.2, -0.15) is 0 Å². The van der Waals surface area contributed by atoms with Crippen molar-refractivity contribution in [2.24, 2.45) is 0 Å². The molecule has 3 nitrogen and oxygen atoms in total. The van der Waals surface area contributed by atoms with E-state index in [1.807, 2.05) is 37.3 Å². The number of aliphatic hydroxyl groups is 1. The molecule has 0 saturated carbocycles. The maximum absolute atomic E-state index is 12.1. The predicted molar refractivity (Wildman–Crippen MR) is 80.3 cm³/mol. The highest BCUT2D eigenvalue weighted by molar-refractivity contribution is 9.10. The zero-order valence-corrected chi connectivity index (χ0v) is 12.3. The van der Waals surface area contributed by atoms with Crippen LogP contribution in [-0.4, -0.2) is 23.7 Å². The first-order chi connectivity index (χ1) is 9.13. The van der Waals surface area contributed by atoms with Crippen LogP contribution >= 0.6 is 15.9 Å². The number of benzene rings is 2. The smallest absolute Gasteiger partial charge is 0.251 e. The van der Waals surface area contributed by atoms with Crippen LogP contribution in [0.25, 0.3) is 10.8 Å². The first kappa shape index (κ1) is 14.0. The van der Waals surface area contributed by atoms with E-state index >= 15 is 0 Å². The van der Waals surface area contributed by atoms with Crippen molar-refractivity contribution in [3.63, 3.8) is 0 Å². The van der Waals surface area contributed by atoms with E-state index in [1.54, 1.807) is 6.07 Å². The molecule has 1 amide bonds. The second kappa shape index (κ2) is 6.17. The average molecular weight is 322 g/mol. The molecule has 0 aliphatic carbocycles. The molecule has 0 fully saturated rings. The number of halogens is 1. The van der Waals surface area contributed by atoms with Crippen LogP contribution in [-0.2, 0) is 0 Å². The van der Waals surface area contributed by atoms with E-state index in [0.29, 0.717) is 12.0 Å². The van der Waals surface area contributed by atoms with E-state index in [4.69, 9.17) is 5.11 Å². The Hall–Kier alpha value is -1.39. The van der Waals surface area contributed by atoms with E-state index in [9.17, 15) is 4.79 Å². The Balaban J connectivity index is 2.25. The van der Waals surface area contributed by atoms with Gasteiger partial charge in [0, 0.05) is 10.0 Å². The lowest BCUT2D eigenvalue weighted by Crippen LogP contribution is -2.36. The normalized spacial score (nSPS) is 12.4. The molecule has 0 aliphatic rings. The molecule has 0 radical (unpaired) electrons. The van der Waals surface area contributed by atoms with Gasteiger partial charge in [0.25, 0.3) is 5.91 Å². The van der Waals surface area contributed by atoms with Gasteiger partial charge in [-0.1, -0.05) is 35.0 Å². The predicted octanol–water partition coefficient (Wildman–Crippen LogP) is 3.10. The summed E-state index contributed by atoms with van der Waals surface area (Å²) in [6.45, 7) is 1.89. The van der Waals surface area contributed by atoms with Crippen molar-refractivity contribution in [3.8, 4) is 0 Å². The van der Waals surface area contributed by atoms with Gasteiger partial charge in [-0.05, 0) is 41.5 Å². The summed E-state index contributed by atoms with van der Waals surface area (Å²) in [6.07, 6.45) is 0.711. The number of fused-ring (bicyclic) bond motifs is 1. The van der Waals surface area contributed by atoms with Crippen molar-refractivity contribution in [2.75, 3.05) is 6.61 Å². The standard InChI is InChI=1S/C15H16BrNO2/c1-2-14(9-18)17-15(19)12-4-3-11-8-13(16)6-5-10(11)7-12/h3-8,14,18H,2,9H2,1H3,(H,17,19). The summed E-state index contributed by atoms with van der Waals surface area (Å²) in [4.78, 5) is 12.1. The van der Waals surface area contributed by atoms with Gasteiger partial charge >= 0.3 is 0 Å². The van der Waals surface area contributed by atoms with Gasteiger partial charge < -0.3 is 10.4 Å². The fraction of sp³-hybridized carbons (Fsp3) is 0.267. The highest BCUT2D eigenvalue weighted by Gasteiger charge is 2.11. The molecule has 0 aromatic heterocycles. The molecule has 0 heterocycles. The maximum atomic E-state index is 12.1. The SMILES string of the molecule is CCC(CO)NC(=O)c1ccc2cc(Br)ccc2c1. The molecule has 2 rings (SSSR count). The molecule has 4 heteroatoms. The Labute approximate surface area is 120 Å². The molecule has 2 aromatic carbocycles. The molecule has 0 spiro atoms. The van der Waals surface area contributed by atoms with Crippen molar-refractivity contribution < 1.29 is 9.90 Å². The fourth-order valence-corrected chi connectivity index (χ4v) is 2.28. The highest BCUT2D eigenvalue weighted by atomic mass is 79.9. The van der Waals surface area contributed by atoms with Crippen molar-refractivity contribution in [1.82, 2.24) is 5.32 Å². The summed E-state index contributed by atoms with van der Waals surface area (Å²) >= 11 is 3.42. The summed E-state index contributed by atoms with van der Waals surface area (Å²) in [5.74, 6) is -0.147. The van der Waals surface area contributed by atoms with Crippen LogP contribution in [0.4, 0.5) is 0 Å². The number of hydrogen-bond donors (Lipinski definition) is 2. The third-order valence-corrected chi connectivity index (χ3v) is 3.61. The minimum atomic E-state index is -0.187. The molecule has 19 heavy (non-hydrogen) atoms. The van der Waals surface area contributed by atoms with Crippen LogP contribution in [0, 0.1) is 0 Å². The first-order valence-corrected chi connectivity index (χ1v) is 7.04. The number of nitrogens with one attached hydrogen (secondary N) is 1. The number of hydrogen-bond acceptors (Lipinski definition) is 2. The Morgan fingerprint density at radius 2 is 1.95 bits per heavy atom. The second-order valence-electron chi connectivity index (χ2n) is 4.47. The zero-order valence-electron chi connectivity index (χ0n) is 10.7. The Morgan fingerprint density at radius 1 is 1.26 bits per heavy atom. The average Bonchev–Trinajstić information content (AvgIpc) is 2.43. The molecule has 1 atom stereocenters. The van der Waals surface area contributed by atoms with Crippen molar-refractivity contribution in [1.29, 1.82) is 0 Å². The van der Waals surface area contributed by atoms with Crippen LogP contribution in [0.3, 0.4) is 0 Å². The summed E-state index contributed by atoms with van der Waals surface area (Å²) in [5.41, 5.74) is 0.613. The number of carbonyl (C=O) groups excluding carboxylic acids is 1. The van der Waals surface area contributed by atoms with Crippen molar-refractivity contribution in [2.45, 2.75) is 19.4 Å². The lowest BCUT2D eigenvalue weighted by atomic mass is 10.1. The van der Waals surface area contributed by atoms with Gasteiger partial charge in [-0.15, -0.1) is 0 Å². The highest BCUT2D eigenvalue weighted by Crippen LogP contribution is 2.21. The molecule has 1 unspecified atom stereocenters. The minimum absolute atomic E-state index is 0.0389. The van der Waals surface area contributed by atoms with Gasteiger partial charge in [0.05, 0.1) is 12.6 Å². The van der Waals surface area contributed by atoms with Gasteiger partial charge in [0.1, 0.15) is 0 Å². The van der Waals surface area contributed by atoms with Crippen LogP contribution in [0.15, 0.2) is 40.9 Å². The molecular weight excluding hydrogens is 306 g/mol. The topological polar surface area (TPSA) is 49.3 Å². The number of amides is 1. The summed E-state index contributed by atoms with van der Waals surface area (Å²) in [6, 6.07) is 11.3. The second-order valence-corrected chi connectivity index (χ2v) is 5.38. The van der Waals surface area contributed by atoms with Crippen LogP contribution < -0.4 is 5.32 Å². The van der Waals surface area contributed by atoms with E-state index in [2.05, 4.69) is 21.2 Å². The van der Waals surface area contributed by atoms with Crippen molar-refractivity contribution >= 4 is 32.6 Å². The van der Waals surface area contributed by atoms with Gasteiger partial charge in [0.2, 0.25) is 0 Å². The van der Waals surface area contributed by atoms with Gasteiger partial charge in [-0.3, -0.25) is 4.79 Å². The lowest BCUT2D eigenvalue weighted by molar-refractivity contribution is 0.0915. The Bertz CT molecular complexity index is 594. The number of aliphatic hydroxyl groups excluding tert-OH is 1. The Morgan fingerprint density at radius 3 is 2.63 bits per heavy atom. The lowest BCUT2D eigenvalue weighted by Gasteiger charge is -2.14. The van der Waals surface area contributed by atoms with Crippen LogP contribution in [0.5, 0.6) is 0 Å². The number of carbonyl (C=O) groups is 1. The molecule has 0 bridgehead atoms. The number of rotatable bonds is 4. The molecule has 0 saturated heterocycles. The summed E-state index contributed by atoms with van der Waals surface area (Å²) in [5, 5.41) is 14.0. The molecule has 2 N–H and O–H groups in total. The molecule has 100 valence electrons. The van der Waals surface area contributed by atoms with E-state index in [0.717, 1.165) is 15.2 Å². The first-order valence-electron chi connectivity index (χ1n) is 6.25. The summed E-state index contributed by atoms with van der Waals surface area (Å²) < 4.78 is 1.02. The molecule has 0 aliphatic heterocycles. The quantitative estimate of drug-likeness (QED) is 0.909. The fourth-order valence-electron chi connectivity index (χ4n) is 1.90. The zero-order chi connectivity index (χ0) is 13.8.